The minimum absolute atomic E-state index is 0.190. The summed E-state index contributed by atoms with van der Waals surface area (Å²) in [6, 6.07) is 0. The number of aromatic nitrogens is 2. The molecule has 0 aliphatic carbocycles. The Balaban J connectivity index is 2.53. The minimum Gasteiger partial charge on any atom is -0.394 e. The molecule has 2 atom stereocenters. The molecule has 0 unspecified atom stereocenters. The molecule has 0 saturated carbocycles. The lowest BCUT2D eigenvalue weighted by Gasteiger charge is -2.14. The molecule has 1 rings (SSSR count). The highest BCUT2D eigenvalue weighted by molar-refractivity contribution is 7.80. The average molecular weight is 272 g/mol. The van der Waals surface area contributed by atoms with Gasteiger partial charge in [-0.3, -0.25) is 9.97 Å². The second kappa shape index (κ2) is 8.42. The van der Waals surface area contributed by atoms with Crippen molar-refractivity contribution in [3.05, 3.63) is 23.8 Å². The summed E-state index contributed by atoms with van der Waals surface area (Å²) in [5.74, 6) is 0.856. The third-order valence-corrected chi connectivity index (χ3v) is 2.94. The second-order valence-corrected chi connectivity index (χ2v) is 4.65. The first-order valence-electron chi connectivity index (χ1n) is 6.05. The Bertz CT molecular complexity index is 352. The fourth-order valence-corrected chi connectivity index (χ4v) is 1.78. The number of aliphatic hydroxyl groups is 3. The van der Waals surface area contributed by atoms with Crippen LogP contribution in [0, 0.1) is 0 Å². The van der Waals surface area contributed by atoms with Crippen LogP contribution < -0.4 is 0 Å². The van der Waals surface area contributed by atoms with Crippen molar-refractivity contribution < 1.29 is 15.3 Å². The first-order chi connectivity index (χ1) is 8.67. The zero-order valence-corrected chi connectivity index (χ0v) is 11.1. The Labute approximate surface area is 112 Å². The lowest BCUT2D eigenvalue weighted by atomic mass is 10.1. The third kappa shape index (κ3) is 5.30. The molecule has 0 amide bonds. The molecule has 1 heterocycles. The molecule has 0 aliphatic rings. The topological polar surface area (TPSA) is 86.5 Å². The number of hydrogen-bond acceptors (Lipinski definition) is 6. The number of unbranched alkanes of at least 4 members (excludes halogenated alkanes) is 1. The van der Waals surface area contributed by atoms with Gasteiger partial charge in [0.25, 0.3) is 0 Å². The maximum absolute atomic E-state index is 9.59. The number of aryl methyl sites for hydroxylation is 1. The van der Waals surface area contributed by atoms with Crippen LogP contribution in [-0.2, 0) is 12.8 Å². The van der Waals surface area contributed by atoms with E-state index in [0.29, 0.717) is 5.69 Å². The summed E-state index contributed by atoms with van der Waals surface area (Å²) in [4.78, 5) is 8.43. The lowest BCUT2D eigenvalue weighted by Crippen LogP contribution is -2.31. The van der Waals surface area contributed by atoms with Crippen LogP contribution in [0.3, 0.4) is 0 Å². The molecule has 102 valence electrons. The summed E-state index contributed by atoms with van der Waals surface area (Å²) in [7, 11) is 0. The summed E-state index contributed by atoms with van der Waals surface area (Å²) in [5.41, 5.74) is 1.50. The summed E-state index contributed by atoms with van der Waals surface area (Å²) in [5, 5.41) is 27.6. The molecular formula is C12H20N2O3S. The summed E-state index contributed by atoms with van der Waals surface area (Å²) in [6.07, 6.45) is 4.17. The Morgan fingerprint density at radius 1 is 1.11 bits per heavy atom. The second-order valence-electron chi connectivity index (χ2n) is 4.20. The van der Waals surface area contributed by atoms with Crippen molar-refractivity contribution in [1.29, 1.82) is 0 Å². The van der Waals surface area contributed by atoms with E-state index in [9.17, 15) is 10.2 Å². The van der Waals surface area contributed by atoms with Gasteiger partial charge in [-0.05, 0) is 25.0 Å². The number of hydrogen-bond donors (Lipinski definition) is 4. The molecule has 0 aliphatic heterocycles. The van der Waals surface area contributed by atoms with E-state index in [4.69, 9.17) is 5.11 Å². The van der Waals surface area contributed by atoms with Crippen molar-refractivity contribution in [2.45, 2.75) is 37.9 Å². The highest BCUT2D eigenvalue weighted by Crippen LogP contribution is 2.06. The van der Waals surface area contributed by atoms with Gasteiger partial charge in [-0.15, -0.1) is 0 Å². The van der Waals surface area contributed by atoms with E-state index in [1.165, 1.54) is 0 Å². The molecule has 0 spiro atoms. The van der Waals surface area contributed by atoms with Crippen LogP contribution in [0.25, 0.3) is 0 Å². The van der Waals surface area contributed by atoms with Crippen LogP contribution >= 0.6 is 12.6 Å². The Kier molecular flexibility index (Phi) is 7.19. The Morgan fingerprint density at radius 2 is 1.83 bits per heavy atom. The predicted molar refractivity (Wildman–Crippen MR) is 71.6 cm³/mol. The van der Waals surface area contributed by atoms with Gasteiger partial charge in [0.15, 0.2) is 0 Å². The highest BCUT2D eigenvalue weighted by Gasteiger charge is 2.16. The van der Waals surface area contributed by atoms with E-state index in [1.807, 2.05) is 0 Å². The summed E-state index contributed by atoms with van der Waals surface area (Å²) in [6.45, 7) is -0.462. The molecule has 5 nitrogen and oxygen atoms in total. The standard InChI is InChI=1S/C12H20N2O3S/c15-8-12(17)11(16)5-10-7-13-6-9(14-10)3-1-2-4-18/h6-7,11-12,15-18H,1-5,8H2/t11-,12+/m0/s1. The van der Waals surface area contributed by atoms with Crippen LogP contribution in [-0.4, -0.2) is 49.9 Å². The van der Waals surface area contributed by atoms with E-state index in [0.717, 1.165) is 30.7 Å². The van der Waals surface area contributed by atoms with Crippen LogP contribution in [0.2, 0.25) is 0 Å². The van der Waals surface area contributed by atoms with Crippen molar-refractivity contribution in [3.63, 3.8) is 0 Å². The van der Waals surface area contributed by atoms with E-state index in [-0.39, 0.29) is 6.42 Å². The molecule has 0 fully saturated rings. The van der Waals surface area contributed by atoms with Crippen LogP contribution in [0.15, 0.2) is 12.4 Å². The zero-order chi connectivity index (χ0) is 13.4. The highest BCUT2D eigenvalue weighted by atomic mass is 32.1. The molecule has 3 N–H and O–H groups in total. The van der Waals surface area contributed by atoms with Gasteiger partial charge in [-0.2, -0.15) is 12.6 Å². The Morgan fingerprint density at radius 3 is 2.50 bits per heavy atom. The SMILES string of the molecule is OC[C@@H](O)[C@@H](O)Cc1cncc(CCCCS)n1. The molecule has 1 aromatic rings. The number of aliphatic hydroxyl groups excluding tert-OH is 3. The van der Waals surface area contributed by atoms with Gasteiger partial charge in [0.1, 0.15) is 6.10 Å². The zero-order valence-electron chi connectivity index (χ0n) is 10.2. The first kappa shape index (κ1) is 15.4. The molecule has 0 radical (unpaired) electrons. The largest absolute Gasteiger partial charge is 0.394 e. The van der Waals surface area contributed by atoms with Crippen molar-refractivity contribution in [3.8, 4) is 0 Å². The normalized spacial score (nSPS) is 14.4. The molecule has 1 aromatic heterocycles. The third-order valence-electron chi connectivity index (χ3n) is 2.62. The quantitative estimate of drug-likeness (QED) is 0.395. The molecule has 6 heteroatoms. The van der Waals surface area contributed by atoms with E-state index in [1.54, 1.807) is 12.4 Å². The van der Waals surface area contributed by atoms with Gasteiger partial charge in [0.05, 0.1) is 24.1 Å². The Hall–Kier alpha value is -0.690. The van der Waals surface area contributed by atoms with E-state index >= 15 is 0 Å². The predicted octanol–water partition coefficient (Wildman–Crippen LogP) is -0.0143. The van der Waals surface area contributed by atoms with Crippen molar-refractivity contribution in [1.82, 2.24) is 9.97 Å². The van der Waals surface area contributed by atoms with Crippen LogP contribution in [0.1, 0.15) is 24.2 Å². The first-order valence-corrected chi connectivity index (χ1v) is 6.68. The molecule has 0 aromatic carbocycles. The van der Waals surface area contributed by atoms with E-state index < -0.39 is 18.8 Å². The number of thiol groups is 1. The summed E-state index contributed by atoms with van der Waals surface area (Å²) >= 11 is 4.15. The minimum atomic E-state index is -1.14. The molecule has 0 saturated heterocycles. The fraction of sp³-hybridized carbons (Fsp3) is 0.667. The monoisotopic (exact) mass is 272 g/mol. The van der Waals surface area contributed by atoms with E-state index in [2.05, 4.69) is 22.6 Å². The summed E-state index contributed by atoms with van der Waals surface area (Å²) < 4.78 is 0. The molecule has 18 heavy (non-hydrogen) atoms. The van der Waals surface area contributed by atoms with Gasteiger partial charge in [-0.25, -0.2) is 0 Å². The van der Waals surface area contributed by atoms with Crippen LogP contribution in [0.4, 0.5) is 0 Å². The number of rotatable bonds is 8. The van der Waals surface area contributed by atoms with Gasteiger partial charge < -0.3 is 15.3 Å². The van der Waals surface area contributed by atoms with Crippen molar-refractivity contribution in [2.24, 2.45) is 0 Å². The maximum atomic E-state index is 9.59. The number of nitrogens with zero attached hydrogens (tertiary/aromatic N) is 2. The van der Waals surface area contributed by atoms with Crippen molar-refractivity contribution >= 4 is 12.6 Å². The van der Waals surface area contributed by atoms with Gasteiger partial charge in [0.2, 0.25) is 0 Å². The van der Waals surface area contributed by atoms with Gasteiger partial charge >= 0.3 is 0 Å². The van der Waals surface area contributed by atoms with Gasteiger partial charge in [0, 0.05) is 18.8 Å². The molecular weight excluding hydrogens is 252 g/mol. The van der Waals surface area contributed by atoms with Gasteiger partial charge in [-0.1, -0.05) is 0 Å². The smallest absolute Gasteiger partial charge is 0.103 e. The fourth-order valence-electron chi connectivity index (χ4n) is 1.56. The molecule has 0 bridgehead atoms. The van der Waals surface area contributed by atoms with Crippen molar-refractivity contribution in [2.75, 3.05) is 12.4 Å². The lowest BCUT2D eigenvalue weighted by molar-refractivity contribution is -0.0137. The average Bonchev–Trinajstić information content (AvgIpc) is 2.38. The maximum Gasteiger partial charge on any atom is 0.103 e. The van der Waals surface area contributed by atoms with Crippen LogP contribution in [0.5, 0.6) is 0 Å².